The maximum Gasteiger partial charge on any atom is 0.293 e. The van der Waals surface area contributed by atoms with E-state index in [2.05, 4.69) is 4.98 Å². The molecule has 0 saturated heterocycles. The van der Waals surface area contributed by atoms with Crippen molar-refractivity contribution in [2.45, 2.75) is 6.54 Å². The first-order valence-electron chi connectivity index (χ1n) is 6.31. The van der Waals surface area contributed by atoms with E-state index < -0.39 is 5.91 Å². The number of amides is 1. The first-order chi connectivity index (χ1) is 10.2. The van der Waals surface area contributed by atoms with Crippen LogP contribution in [0, 0.1) is 5.82 Å². The highest BCUT2D eigenvalue weighted by Gasteiger charge is 2.09. The van der Waals surface area contributed by atoms with Crippen LogP contribution >= 0.6 is 0 Å². The zero-order valence-corrected chi connectivity index (χ0v) is 11.0. The van der Waals surface area contributed by atoms with Gasteiger partial charge < -0.3 is 4.57 Å². The molecule has 106 valence electrons. The van der Waals surface area contributed by atoms with Gasteiger partial charge in [0.2, 0.25) is 0 Å². The molecule has 0 aliphatic carbocycles. The smallest absolute Gasteiger partial charge is 0.293 e. The van der Waals surface area contributed by atoms with Crippen molar-refractivity contribution in [1.82, 2.24) is 15.0 Å². The standard InChI is InChI=1S/C15H12FN3O2/c16-12-3-1-10(2-4-12)9-19-6-5-11-8-17-13(7-14(11)19)15(20)18-21/h1-8,21H,9H2,(H,18,20). The number of rotatable bonds is 3. The lowest BCUT2D eigenvalue weighted by molar-refractivity contribution is 0.0701. The monoisotopic (exact) mass is 285 g/mol. The molecule has 3 rings (SSSR count). The predicted molar refractivity (Wildman–Crippen MR) is 74.5 cm³/mol. The van der Waals surface area contributed by atoms with Crippen molar-refractivity contribution in [3.8, 4) is 0 Å². The minimum Gasteiger partial charge on any atom is -0.343 e. The third-order valence-electron chi connectivity index (χ3n) is 3.26. The molecule has 3 aromatic rings. The van der Waals surface area contributed by atoms with Crippen LogP contribution in [0.4, 0.5) is 4.39 Å². The van der Waals surface area contributed by atoms with Gasteiger partial charge in [-0.1, -0.05) is 12.1 Å². The Morgan fingerprint density at radius 2 is 2.05 bits per heavy atom. The van der Waals surface area contributed by atoms with Crippen LogP contribution in [0.15, 0.2) is 48.8 Å². The number of carbonyl (C=O) groups excluding carboxylic acids is 1. The number of benzene rings is 1. The Morgan fingerprint density at radius 3 is 2.76 bits per heavy atom. The Hall–Kier alpha value is -2.73. The van der Waals surface area contributed by atoms with Gasteiger partial charge in [-0.3, -0.25) is 15.0 Å². The number of hydrogen-bond donors (Lipinski definition) is 2. The van der Waals surface area contributed by atoms with Crippen molar-refractivity contribution in [2.24, 2.45) is 0 Å². The Kier molecular flexibility index (Phi) is 3.37. The van der Waals surface area contributed by atoms with E-state index in [1.54, 1.807) is 29.9 Å². The highest BCUT2D eigenvalue weighted by Crippen LogP contribution is 2.17. The summed E-state index contributed by atoms with van der Waals surface area (Å²) < 4.78 is 14.8. The van der Waals surface area contributed by atoms with Gasteiger partial charge in [-0.25, -0.2) is 9.87 Å². The molecule has 0 bridgehead atoms. The molecule has 0 unspecified atom stereocenters. The van der Waals surface area contributed by atoms with E-state index in [-0.39, 0.29) is 11.5 Å². The van der Waals surface area contributed by atoms with Gasteiger partial charge in [0.05, 0.1) is 5.52 Å². The quantitative estimate of drug-likeness (QED) is 0.573. The second-order valence-electron chi connectivity index (χ2n) is 4.64. The van der Waals surface area contributed by atoms with Crippen LogP contribution in [0.1, 0.15) is 16.1 Å². The Balaban J connectivity index is 1.98. The molecule has 0 aliphatic rings. The topological polar surface area (TPSA) is 67.2 Å². The average molecular weight is 285 g/mol. The highest BCUT2D eigenvalue weighted by molar-refractivity contribution is 5.95. The molecule has 0 fully saturated rings. The van der Waals surface area contributed by atoms with Crippen molar-refractivity contribution < 1.29 is 14.4 Å². The van der Waals surface area contributed by atoms with Crippen molar-refractivity contribution in [3.05, 3.63) is 65.9 Å². The number of carbonyl (C=O) groups is 1. The Morgan fingerprint density at radius 1 is 1.29 bits per heavy atom. The highest BCUT2D eigenvalue weighted by atomic mass is 19.1. The number of nitrogens with zero attached hydrogens (tertiary/aromatic N) is 2. The van der Waals surface area contributed by atoms with Crippen LogP contribution in [0.3, 0.4) is 0 Å². The molecule has 0 spiro atoms. The van der Waals surface area contributed by atoms with Gasteiger partial charge in [0.1, 0.15) is 11.5 Å². The summed E-state index contributed by atoms with van der Waals surface area (Å²) in [6.45, 7) is 0.550. The summed E-state index contributed by atoms with van der Waals surface area (Å²) in [5.74, 6) is -0.936. The molecule has 1 amide bonds. The van der Waals surface area contributed by atoms with Gasteiger partial charge in [-0.15, -0.1) is 0 Å². The fourth-order valence-electron chi connectivity index (χ4n) is 2.19. The number of fused-ring (bicyclic) bond motifs is 1. The van der Waals surface area contributed by atoms with E-state index in [1.165, 1.54) is 12.1 Å². The molecule has 2 aromatic heterocycles. The SMILES string of the molecule is O=C(NO)c1cc2c(ccn2Cc2ccc(F)cc2)cn1. The molecule has 6 heteroatoms. The molecule has 1 aromatic carbocycles. The number of pyridine rings is 1. The minimum atomic E-state index is -0.661. The van der Waals surface area contributed by atoms with E-state index in [9.17, 15) is 9.18 Å². The van der Waals surface area contributed by atoms with Gasteiger partial charge >= 0.3 is 0 Å². The second-order valence-corrected chi connectivity index (χ2v) is 4.64. The summed E-state index contributed by atoms with van der Waals surface area (Å²) in [6.07, 6.45) is 3.44. The fourth-order valence-corrected chi connectivity index (χ4v) is 2.19. The average Bonchev–Trinajstić information content (AvgIpc) is 2.91. The molecule has 0 aliphatic heterocycles. The van der Waals surface area contributed by atoms with E-state index in [4.69, 9.17) is 5.21 Å². The van der Waals surface area contributed by atoms with Crippen molar-refractivity contribution in [1.29, 1.82) is 0 Å². The van der Waals surface area contributed by atoms with Gasteiger partial charge in [0, 0.05) is 24.3 Å². The van der Waals surface area contributed by atoms with Crippen LogP contribution in [0.2, 0.25) is 0 Å². The lowest BCUT2D eigenvalue weighted by Gasteiger charge is -2.06. The number of hydrogen-bond acceptors (Lipinski definition) is 3. The molecular formula is C15H12FN3O2. The van der Waals surface area contributed by atoms with Crippen LogP contribution in [0.25, 0.3) is 10.9 Å². The fraction of sp³-hybridized carbons (Fsp3) is 0.0667. The second kappa shape index (κ2) is 5.34. The summed E-state index contributed by atoms with van der Waals surface area (Å²) >= 11 is 0. The summed E-state index contributed by atoms with van der Waals surface area (Å²) in [5, 5.41) is 9.54. The van der Waals surface area contributed by atoms with Crippen molar-refractivity contribution >= 4 is 16.8 Å². The lowest BCUT2D eigenvalue weighted by atomic mass is 10.2. The molecule has 0 radical (unpaired) electrons. The maximum atomic E-state index is 12.9. The number of halogens is 1. The first-order valence-corrected chi connectivity index (χ1v) is 6.31. The van der Waals surface area contributed by atoms with Crippen LogP contribution in [0.5, 0.6) is 0 Å². The summed E-state index contributed by atoms with van der Waals surface area (Å²) in [7, 11) is 0. The number of aromatic nitrogens is 2. The molecule has 2 N–H and O–H groups in total. The molecule has 21 heavy (non-hydrogen) atoms. The van der Waals surface area contributed by atoms with Crippen LogP contribution < -0.4 is 5.48 Å². The number of nitrogens with one attached hydrogen (secondary N) is 1. The van der Waals surface area contributed by atoms with Crippen LogP contribution in [-0.4, -0.2) is 20.7 Å². The normalized spacial score (nSPS) is 10.8. The van der Waals surface area contributed by atoms with E-state index in [0.29, 0.717) is 6.54 Å². The van der Waals surface area contributed by atoms with E-state index in [0.717, 1.165) is 16.5 Å². The third kappa shape index (κ3) is 2.61. The first kappa shape index (κ1) is 13.3. The van der Waals surface area contributed by atoms with Gasteiger partial charge in [-0.05, 0) is 29.8 Å². The van der Waals surface area contributed by atoms with E-state index in [1.807, 2.05) is 16.8 Å². The maximum absolute atomic E-state index is 12.9. The molecule has 2 heterocycles. The molecule has 5 nitrogen and oxygen atoms in total. The van der Waals surface area contributed by atoms with Gasteiger partial charge in [0.15, 0.2) is 0 Å². The van der Waals surface area contributed by atoms with Gasteiger partial charge in [-0.2, -0.15) is 0 Å². The Bertz CT molecular complexity index is 796. The van der Waals surface area contributed by atoms with Crippen LogP contribution in [-0.2, 0) is 6.54 Å². The molecule has 0 saturated carbocycles. The zero-order chi connectivity index (χ0) is 14.8. The van der Waals surface area contributed by atoms with Gasteiger partial charge in [0.25, 0.3) is 5.91 Å². The predicted octanol–water partition coefficient (Wildman–Crippen LogP) is 2.34. The Labute approximate surface area is 119 Å². The minimum absolute atomic E-state index is 0.129. The summed E-state index contributed by atoms with van der Waals surface area (Å²) in [5.41, 5.74) is 3.45. The summed E-state index contributed by atoms with van der Waals surface area (Å²) in [6, 6.07) is 9.73. The van der Waals surface area contributed by atoms with Crippen molar-refractivity contribution in [3.63, 3.8) is 0 Å². The van der Waals surface area contributed by atoms with E-state index >= 15 is 0 Å². The molecular weight excluding hydrogens is 273 g/mol. The summed E-state index contributed by atoms with van der Waals surface area (Å²) in [4.78, 5) is 15.4. The number of hydroxylamine groups is 1. The third-order valence-corrected chi connectivity index (χ3v) is 3.26. The zero-order valence-electron chi connectivity index (χ0n) is 11.0. The largest absolute Gasteiger partial charge is 0.343 e. The lowest BCUT2D eigenvalue weighted by Crippen LogP contribution is -2.19. The van der Waals surface area contributed by atoms with Crippen molar-refractivity contribution in [2.75, 3.05) is 0 Å². The molecule has 0 atom stereocenters.